The second-order valence-electron chi connectivity index (χ2n) is 3.94. The van der Waals surface area contributed by atoms with Crippen molar-refractivity contribution in [3.8, 4) is 5.75 Å². The predicted molar refractivity (Wildman–Crippen MR) is 85.2 cm³/mol. The van der Waals surface area contributed by atoms with Gasteiger partial charge in [-0.25, -0.2) is 4.79 Å². The molecule has 0 heterocycles. The van der Waals surface area contributed by atoms with Crippen molar-refractivity contribution in [3.05, 3.63) is 24.8 Å². The first-order valence-electron chi connectivity index (χ1n) is 5.22. The molecule has 1 atom stereocenters. The average molecular weight is 566 g/mol. The molecule has 0 aliphatic heterocycles. The van der Waals surface area contributed by atoms with Crippen LogP contribution in [0.3, 0.4) is 0 Å². The molecule has 0 aromatic heterocycles. The Morgan fingerprint density at radius 3 is 2.23 bits per heavy atom. The molecule has 124 valence electrons. The molecule has 0 spiro atoms. The van der Waals surface area contributed by atoms with E-state index in [2.05, 4.69) is 4.74 Å². The Bertz CT molecular complexity index is 689. The highest BCUT2D eigenvalue weighted by Gasteiger charge is 2.46. The Morgan fingerprint density at radius 1 is 1.27 bits per heavy atom. The monoisotopic (exact) mass is 566 g/mol. The molecule has 1 aromatic rings. The van der Waals surface area contributed by atoms with Crippen LogP contribution in [0.1, 0.15) is 10.4 Å². The largest absolute Gasteiger partial charge is 0.506 e. The minimum absolute atomic E-state index is 0.119. The minimum atomic E-state index is -5.20. The maximum Gasteiger partial charge on any atom is 0.426 e. The van der Waals surface area contributed by atoms with Crippen LogP contribution in [0.2, 0.25) is 0 Å². The van der Waals surface area contributed by atoms with Gasteiger partial charge in [0.1, 0.15) is 17.1 Å². The number of benzene rings is 1. The first-order valence-corrected chi connectivity index (χ1v) is 8.99. The number of rotatable bonds is 4. The lowest BCUT2D eigenvalue weighted by Crippen LogP contribution is -2.39. The summed E-state index contributed by atoms with van der Waals surface area (Å²) in [4.78, 5) is 11.8. The van der Waals surface area contributed by atoms with Crippen LogP contribution in [-0.2, 0) is 14.9 Å². The second-order valence-corrected chi connectivity index (χ2v) is 7.76. The van der Waals surface area contributed by atoms with Gasteiger partial charge in [-0.05, 0) is 57.3 Å². The fourth-order valence-electron chi connectivity index (χ4n) is 1.31. The first kappa shape index (κ1) is 19.7. The highest BCUT2D eigenvalue weighted by molar-refractivity contribution is 14.1. The second kappa shape index (κ2) is 7.04. The van der Waals surface area contributed by atoms with Gasteiger partial charge < -0.3 is 9.84 Å². The maximum absolute atomic E-state index is 12.7. The quantitative estimate of drug-likeness (QED) is 0.331. The van der Waals surface area contributed by atoms with Crippen LogP contribution in [0.25, 0.3) is 0 Å². The van der Waals surface area contributed by atoms with E-state index >= 15 is 0 Å². The number of phenolic OH excluding ortho intramolecular Hbond substituents is 1. The van der Waals surface area contributed by atoms with Gasteiger partial charge in [0.25, 0.3) is 10.1 Å². The summed E-state index contributed by atoms with van der Waals surface area (Å²) in [5.41, 5.74) is -0.517. The SMILES string of the molecule is O=C(OC(CS(=O)(=O)O)C(F)(F)F)c1c(I)ccc(I)c1O. The number of hydrogen-bond donors (Lipinski definition) is 2. The van der Waals surface area contributed by atoms with E-state index in [-0.39, 0.29) is 7.14 Å². The highest BCUT2D eigenvalue weighted by Crippen LogP contribution is 2.31. The number of ether oxygens (including phenoxy) is 1. The van der Waals surface area contributed by atoms with E-state index in [4.69, 9.17) is 4.55 Å². The maximum atomic E-state index is 12.7. The predicted octanol–water partition coefficient (Wildman–Crippen LogP) is 2.58. The molecule has 0 saturated carbocycles. The van der Waals surface area contributed by atoms with Crippen LogP contribution < -0.4 is 0 Å². The summed E-state index contributed by atoms with van der Waals surface area (Å²) in [5, 5.41) is 9.74. The molecule has 0 fully saturated rings. The molecule has 0 aliphatic rings. The van der Waals surface area contributed by atoms with Crippen molar-refractivity contribution in [1.29, 1.82) is 0 Å². The van der Waals surface area contributed by atoms with Crippen LogP contribution in [0.4, 0.5) is 13.2 Å². The number of halogens is 5. The van der Waals surface area contributed by atoms with E-state index in [0.29, 0.717) is 0 Å². The number of hydrogen-bond acceptors (Lipinski definition) is 5. The lowest BCUT2D eigenvalue weighted by molar-refractivity contribution is -0.197. The number of phenols is 1. The van der Waals surface area contributed by atoms with Crippen LogP contribution in [0.5, 0.6) is 5.75 Å². The molecular formula is C10H7F3I2O6S. The van der Waals surface area contributed by atoms with Gasteiger partial charge in [-0.15, -0.1) is 0 Å². The van der Waals surface area contributed by atoms with E-state index in [1.807, 2.05) is 0 Å². The van der Waals surface area contributed by atoms with Crippen molar-refractivity contribution in [2.24, 2.45) is 0 Å². The molecule has 0 saturated heterocycles. The van der Waals surface area contributed by atoms with Crippen molar-refractivity contribution in [2.45, 2.75) is 12.3 Å². The zero-order valence-electron chi connectivity index (χ0n) is 10.3. The lowest BCUT2D eigenvalue weighted by Gasteiger charge is -2.20. The number of carbonyl (C=O) groups excluding carboxylic acids is 1. The molecule has 0 amide bonds. The van der Waals surface area contributed by atoms with Crippen molar-refractivity contribution in [3.63, 3.8) is 0 Å². The first-order chi connectivity index (χ1) is 9.83. The van der Waals surface area contributed by atoms with Gasteiger partial charge >= 0.3 is 12.1 Å². The Balaban J connectivity index is 3.15. The number of esters is 1. The van der Waals surface area contributed by atoms with Gasteiger partial charge in [0.05, 0.1) is 3.57 Å². The summed E-state index contributed by atoms with van der Waals surface area (Å²) in [6.45, 7) is 0. The fourth-order valence-corrected chi connectivity index (χ4v) is 3.05. The normalized spacial score (nSPS) is 13.7. The molecule has 0 radical (unpaired) electrons. The van der Waals surface area contributed by atoms with E-state index in [1.54, 1.807) is 45.2 Å². The third-order valence-electron chi connectivity index (χ3n) is 2.26. The summed E-state index contributed by atoms with van der Waals surface area (Å²) in [5.74, 6) is -3.96. The zero-order valence-corrected chi connectivity index (χ0v) is 15.4. The summed E-state index contributed by atoms with van der Waals surface area (Å²) in [7, 11) is -5.03. The smallest absolute Gasteiger partial charge is 0.426 e. The van der Waals surface area contributed by atoms with Gasteiger partial charge in [0.2, 0.25) is 6.10 Å². The van der Waals surface area contributed by atoms with Crippen LogP contribution >= 0.6 is 45.2 Å². The summed E-state index contributed by atoms with van der Waals surface area (Å²) in [6, 6.07) is 2.79. The highest BCUT2D eigenvalue weighted by atomic mass is 127. The molecule has 1 rings (SSSR count). The van der Waals surface area contributed by atoms with Crippen LogP contribution in [0, 0.1) is 7.14 Å². The van der Waals surface area contributed by atoms with Crippen LogP contribution in [0.15, 0.2) is 12.1 Å². The van der Waals surface area contributed by atoms with Gasteiger partial charge in [-0.3, -0.25) is 4.55 Å². The molecule has 1 aromatic carbocycles. The van der Waals surface area contributed by atoms with E-state index in [1.165, 1.54) is 12.1 Å². The van der Waals surface area contributed by atoms with Gasteiger partial charge in [-0.2, -0.15) is 21.6 Å². The molecular weight excluding hydrogens is 559 g/mol. The van der Waals surface area contributed by atoms with E-state index in [0.717, 1.165) is 0 Å². The number of aromatic hydroxyl groups is 1. The van der Waals surface area contributed by atoms with Gasteiger partial charge in [0.15, 0.2) is 0 Å². The molecule has 22 heavy (non-hydrogen) atoms. The van der Waals surface area contributed by atoms with E-state index in [9.17, 15) is 31.5 Å². The van der Waals surface area contributed by atoms with Gasteiger partial charge in [0, 0.05) is 3.57 Å². The summed E-state index contributed by atoms with van der Waals surface area (Å²) < 4.78 is 72.2. The summed E-state index contributed by atoms with van der Waals surface area (Å²) >= 11 is 3.25. The average Bonchev–Trinajstić information content (AvgIpc) is 2.31. The van der Waals surface area contributed by atoms with Crippen molar-refractivity contribution >= 4 is 61.3 Å². The Kier molecular flexibility index (Phi) is 6.30. The third kappa shape index (κ3) is 5.38. The molecule has 2 N–H and O–H groups in total. The lowest BCUT2D eigenvalue weighted by atomic mass is 10.2. The van der Waals surface area contributed by atoms with Crippen molar-refractivity contribution < 1.29 is 40.8 Å². The molecule has 1 unspecified atom stereocenters. The number of carbonyl (C=O) groups is 1. The zero-order chi connectivity index (χ0) is 17.3. The Labute approximate surface area is 150 Å². The molecule has 12 heteroatoms. The molecule has 6 nitrogen and oxygen atoms in total. The number of alkyl halides is 3. The van der Waals surface area contributed by atoms with Crippen molar-refractivity contribution in [2.75, 3.05) is 5.75 Å². The topological polar surface area (TPSA) is 101 Å². The minimum Gasteiger partial charge on any atom is -0.506 e. The van der Waals surface area contributed by atoms with Crippen molar-refractivity contribution in [1.82, 2.24) is 0 Å². The Hall–Kier alpha value is -0.350. The standard InChI is InChI=1S/C10H7F3I2O6S/c11-10(12,13)6(3-22(18,19)20)21-9(17)7-4(14)1-2-5(15)8(7)16/h1-2,6,16H,3H2,(H,18,19,20). The van der Waals surface area contributed by atoms with E-state index < -0.39 is 45.4 Å². The molecule has 0 bridgehead atoms. The Morgan fingerprint density at radius 2 is 1.77 bits per heavy atom. The molecule has 0 aliphatic carbocycles. The third-order valence-corrected chi connectivity index (χ3v) is 4.75. The van der Waals surface area contributed by atoms with Crippen LogP contribution in [-0.4, -0.2) is 42.1 Å². The van der Waals surface area contributed by atoms with Gasteiger partial charge in [-0.1, -0.05) is 0 Å². The fraction of sp³-hybridized carbons (Fsp3) is 0.300. The summed E-state index contributed by atoms with van der Waals surface area (Å²) in [6.07, 6.45) is -8.25.